The van der Waals surface area contributed by atoms with E-state index in [1.54, 1.807) is 24.3 Å². The number of aryl methyl sites for hydroxylation is 1. The Hall–Kier alpha value is -4.11. The number of carbonyl (C=O) groups excluding carboxylic acids is 3. The number of anilines is 1. The monoisotopic (exact) mass is 563 g/mol. The maximum Gasteiger partial charge on any atom is 0.329 e. The van der Waals surface area contributed by atoms with Crippen LogP contribution in [0.3, 0.4) is 0 Å². The van der Waals surface area contributed by atoms with E-state index in [0.717, 1.165) is 26.9 Å². The highest BCUT2D eigenvalue weighted by Gasteiger charge is 2.35. The van der Waals surface area contributed by atoms with Crippen LogP contribution in [0.4, 0.5) is 10.5 Å². The Morgan fingerprint density at radius 2 is 1.81 bits per heavy atom. The summed E-state index contributed by atoms with van der Waals surface area (Å²) < 4.78 is 12.3. The van der Waals surface area contributed by atoms with E-state index in [0.29, 0.717) is 29.4 Å². The zero-order chi connectivity index (χ0) is 26.4. The third-order valence-electron chi connectivity index (χ3n) is 5.74. The molecule has 1 aliphatic heterocycles. The van der Waals surface area contributed by atoms with E-state index in [2.05, 4.69) is 26.6 Å². The van der Waals surface area contributed by atoms with E-state index in [1.807, 2.05) is 49.4 Å². The molecule has 2 N–H and O–H groups in total. The molecule has 37 heavy (non-hydrogen) atoms. The Bertz CT molecular complexity index is 1350. The molecule has 8 nitrogen and oxygen atoms in total. The Morgan fingerprint density at radius 1 is 1.05 bits per heavy atom. The second kappa shape index (κ2) is 11.7. The summed E-state index contributed by atoms with van der Waals surface area (Å²) in [6.07, 6.45) is 2.27. The number of amides is 4. The number of hydrogen-bond acceptors (Lipinski definition) is 5. The van der Waals surface area contributed by atoms with Crippen molar-refractivity contribution >= 4 is 45.5 Å². The molecule has 9 heteroatoms. The van der Waals surface area contributed by atoms with E-state index in [1.165, 1.54) is 13.2 Å². The topological polar surface area (TPSA) is 97.0 Å². The number of rotatable bonds is 9. The normalized spacial score (nSPS) is 14.0. The number of urea groups is 1. The van der Waals surface area contributed by atoms with Gasteiger partial charge in [-0.05, 0) is 59.5 Å². The van der Waals surface area contributed by atoms with Crippen molar-refractivity contribution < 1.29 is 23.9 Å². The predicted molar refractivity (Wildman–Crippen MR) is 144 cm³/mol. The standard InChI is InChI=1S/C28H26BrN3O5/c1-3-20-6-4-5-7-22(20)30-26(33)16-32-27(34)23(31-28(32)35)14-19-10-13-24(25(15-19)36-2)37-17-18-8-11-21(29)12-9-18/h4-15H,3,16-17H2,1-2H3,(H,30,33)(H,31,35)/b23-14+. The Kier molecular flexibility index (Phi) is 8.25. The molecule has 0 aliphatic carbocycles. The van der Waals surface area contributed by atoms with Gasteiger partial charge in [-0.1, -0.05) is 59.3 Å². The molecule has 0 radical (unpaired) electrons. The summed E-state index contributed by atoms with van der Waals surface area (Å²) in [7, 11) is 1.53. The molecule has 0 aromatic heterocycles. The van der Waals surface area contributed by atoms with Crippen molar-refractivity contribution in [3.8, 4) is 11.5 Å². The molecule has 0 spiro atoms. The van der Waals surface area contributed by atoms with Crippen molar-refractivity contribution in [3.05, 3.63) is 93.6 Å². The number of methoxy groups -OCH3 is 1. The first-order chi connectivity index (χ1) is 17.9. The minimum atomic E-state index is -0.656. The molecular formula is C28H26BrN3O5. The molecule has 0 atom stereocenters. The van der Waals surface area contributed by atoms with E-state index in [-0.39, 0.29) is 5.70 Å². The second-order valence-electron chi connectivity index (χ2n) is 8.26. The van der Waals surface area contributed by atoms with Gasteiger partial charge in [0.05, 0.1) is 7.11 Å². The largest absolute Gasteiger partial charge is 0.493 e. The summed E-state index contributed by atoms with van der Waals surface area (Å²) in [5.41, 5.74) is 3.31. The SMILES string of the molecule is CCc1ccccc1NC(=O)CN1C(=O)N/C(=C/c2ccc(OCc3ccc(Br)cc3)c(OC)c2)C1=O. The van der Waals surface area contributed by atoms with Crippen LogP contribution in [-0.2, 0) is 22.6 Å². The van der Waals surface area contributed by atoms with Gasteiger partial charge in [0.2, 0.25) is 5.91 Å². The van der Waals surface area contributed by atoms with Crippen molar-refractivity contribution in [3.63, 3.8) is 0 Å². The first-order valence-electron chi connectivity index (χ1n) is 11.7. The van der Waals surface area contributed by atoms with Gasteiger partial charge in [0.15, 0.2) is 11.5 Å². The molecule has 1 aliphatic rings. The van der Waals surface area contributed by atoms with Gasteiger partial charge in [0.25, 0.3) is 5.91 Å². The maximum atomic E-state index is 12.9. The van der Waals surface area contributed by atoms with E-state index in [4.69, 9.17) is 9.47 Å². The van der Waals surface area contributed by atoms with E-state index in [9.17, 15) is 14.4 Å². The van der Waals surface area contributed by atoms with Gasteiger partial charge in [-0.2, -0.15) is 0 Å². The zero-order valence-corrected chi connectivity index (χ0v) is 22.0. The van der Waals surface area contributed by atoms with Gasteiger partial charge in [-0.15, -0.1) is 0 Å². The fourth-order valence-corrected chi connectivity index (χ4v) is 4.07. The van der Waals surface area contributed by atoms with Crippen molar-refractivity contribution in [1.82, 2.24) is 10.2 Å². The van der Waals surface area contributed by atoms with Crippen molar-refractivity contribution in [2.45, 2.75) is 20.0 Å². The average molecular weight is 564 g/mol. The van der Waals surface area contributed by atoms with Crippen molar-refractivity contribution in [1.29, 1.82) is 0 Å². The lowest BCUT2D eigenvalue weighted by atomic mass is 10.1. The summed E-state index contributed by atoms with van der Waals surface area (Å²) in [5, 5.41) is 5.32. The molecule has 1 fully saturated rings. The van der Waals surface area contributed by atoms with Crippen LogP contribution >= 0.6 is 15.9 Å². The molecule has 1 heterocycles. The number of benzene rings is 3. The molecule has 3 aromatic carbocycles. The van der Waals surface area contributed by atoms with Gasteiger partial charge < -0.3 is 20.1 Å². The summed E-state index contributed by atoms with van der Waals surface area (Å²) >= 11 is 3.41. The van der Waals surface area contributed by atoms with Crippen LogP contribution < -0.4 is 20.1 Å². The predicted octanol–water partition coefficient (Wildman–Crippen LogP) is 5.13. The molecule has 4 amide bonds. The number of ether oxygens (including phenoxy) is 2. The van der Waals surface area contributed by atoms with Crippen LogP contribution in [0, 0.1) is 0 Å². The third kappa shape index (κ3) is 6.37. The Labute approximate surface area is 223 Å². The quantitative estimate of drug-likeness (QED) is 0.278. The van der Waals surface area contributed by atoms with Crippen LogP contribution in [0.15, 0.2) is 76.9 Å². The van der Waals surface area contributed by atoms with Gasteiger partial charge in [0, 0.05) is 10.2 Å². The average Bonchev–Trinajstić information content (AvgIpc) is 3.16. The summed E-state index contributed by atoms with van der Waals surface area (Å²) in [4.78, 5) is 38.7. The molecule has 190 valence electrons. The molecule has 0 saturated carbocycles. The van der Waals surface area contributed by atoms with Crippen LogP contribution in [0.1, 0.15) is 23.6 Å². The fourth-order valence-electron chi connectivity index (χ4n) is 3.80. The first kappa shape index (κ1) is 26.0. The fraction of sp³-hybridized carbons (Fsp3) is 0.179. The minimum Gasteiger partial charge on any atom is -0.493 e. The highest BCUT2D eigenvalue weighted by molar-refractivity contribution is 9.10. The highest BCUT2D eigenvalue weighted by Crippen LogP contribution is 2.30. The first-order valence-corrected chi connectivity index (χ1v) is 12.4. The van der Waals surface area contributed by atoms with Gasteiger partial charge in [-0.25, -0.2) is 9.69 Å². The Morgan fingerprint density at radius 3 is 2.54 bits per heavy atom. The van der Waals surface area contributed by atoms with Gasteiger partial charge in [0.1, 0.15) is 18.8 Å². The lowest BCUT2D eigenvalue weighted by molar-refractivity contribution is -0.127. The molecule has 0 unspecified atom stereocenters. The van der Waals surface area contributed by atoms with Crippen LogP contribution in [0.5, 0.6) is 11.5 Å². The third-order valence-corrected chi connectivity index (χ3v) is 6.27. The highest BCUT2D eigenvalue weighted by atomic mass is 79.9. The second-order valence-corrected chi connectivity index (χ2v) is 9.18. The number of imide groups is 1. The van der Waals surface area contributed by atoms with Gasteiger partial charge in [-0.3, -0.25) is 9.59 Å². The lowest BCUT2D eigenvalue weighted by Gasteiger charge is -2.13. The molecular weight excluding hydrogens is 538 g/mol. The van der Waals surface area contributed by atoms with Crippen molar-refractivity contribution in [2.24, 2.45) is 0 Å². The van der Waals surface area contributed by atoms with E-state index < -0.39 is 24.4 Å². The summed E-state index contributed by atoms with van der Waals surface area (Å²) in [6.45, 7) is 1.94. The van der Waals surface area contributed by atoms with Crippen LogP contribution in [0.25, 0.3) is 6.08 Å². The molecule has 3 aromatic rings. The number of nitrogens with one attached hydrogen (secondary N) is 2. The Balaban J connectivity index is 1.43. The van der Waals surface area contributed by atoms with Crippen LogP contribution in [-0.4, -0.2) is 36.4 Å². The maximum absolute atomic E-state index is 12.9. The van der Waals surface area contributed by atoms with E-state index >= 15 is 0 Å². The molecule has 0 bridgehead atoms. The van der Waals surface area contributed by atoms with Crippen molar-refractivity contribution in [2.75, 3.05) is 19.0 Å². The number of nitrogens with zero attached hydrogens (tertiary/aromatic N) is 1. The number of halogens is 1. The lowest BCUT2D eigenvalue weighted by Crippen LogP contribution is -2.38. The molecule has 1 saturated heterocycles. The smallest absolute Gasteiger partial charge is 0.329 e. The number of para-hydroxylation sites is 1. The molecule has 4 rings (SSSR count). The number of carbonyl (C=O) groups is 3. The zero-order valence-electron chi connectivity index (χ0n) is 20.4. The summed E-state index contributed by atoms with van der Waals surface area (Å²) in [6, 6.07) is 19.7. The summed E-state index contributed by atoms with van der Waals surface area (Å²) in [5.74, 6) is -0.0212. The minimum absolute atomic E-state index is 0.0670. The number of hydrogen-bond donors (Lipinski definition) is 2. The van der Waals surface area contributed by atoms with Crippen LogP contribution in [0.2, 0.25) is 0 Å². The van der Waals surface area contributed by atoms with Gasteiger partial charge >= 0.3 is 6.03 Å².